The lowest BCUT2D eigenvalue weighted by molar-refractivity contribution is -0.385. The van der Waals surface area contributed by atoms with E-state index in [2.05, 4.69) is 21.2 Å². The number of nitro benzene ring substituents is 1. The molecule has 1 N–H and O–H groups in total. The van der Waals surface area contributed by atoms with Crippen LogP contribution in [0, 0.1) is 28.4 Å². The van der Waals surface area contributed by atoms with Crippen molar-refractivity contribution in [3.63, 3.8) is 0 Å². The molecule has 0 aromatic heterocycles. The van der Waals surface area contributed by atoms with Crippen molar-refractivity contribution in [2.75, 3.05) is 5.32 Å². The number of rotatable bonds is 3. The second-order valence-corrected chi connectivity index (χ2v) is 5.04. The van der Waals surface area contributed by atoms with E-state index in [1.54, 1.807) is 6.07 Å². The molecular weight excluding hydrogens is 322 g/mol. The maximum absolute atomic E-state index is 10.8. The minimum absolute atomic E-state index is 0.0335. The Bertz CT molecular complexity index is 723. The molecule has 2 aromatic rings. The third-order valence-electron chi connectivity index (χ3n) is 2.77. The van der Waals surface area contributed by atoms with Gasteiger partial charge in [-0.2, -0.15) is 5.26 Å². The van der Waals surface area contributed by atoms with Crippen LogP contribution in [-0.2, 0) is 0 Å². The van der Waals surface area contributed by atoms with Crippen molar-refractivity contribution in [2.45, 2.75) is 6.92 Å². The number of halogens is 1. The van der Waals surface area contributed by atoms with Crippen molar-refractivity contribution >= 4 is 33.0 Å². The molecule has 0 atom stereocenters. The zero-order valence-corrected chi connectivity index (χ0v) is 12.1. The van der Waals surface area contributed by atoms with Crippen LogP contribution in [0.2, 0.25) is 0 Å². The molecule has 6 heteroatoms. The lowest BCUT2D eigenvalue weighted by Gasteiger charge is -2.08. The first-order valence-electron chi connectivity index (χ1n) is 5.73. The van der Waals surface area contributed by atoms with E-state index in [0.29, 0.717) is 5.69 Å². The molecule has 0 amide bonds. The van der Waals surface area contributed by atoms with Crippen LogP contribution in [-0.4, -0.2) is 4.92 Å². The second-order valence-electron chi connectivity index (χ2n) is 4.19. The Morgan fingerprint density at radius 3 is 2.50 bits per heavy atom. The quantitative estimate of drug-likeness (QED) is 0.672. The van der Waals surface area contributed by atoms with Gasteiger partial charge in [-0.3, -0.25) is 10.1 Å². The van der Waals surface area contributed by atoms with E-state index in [1.165, 1.54) is 12.1 Å². The standard InChI is InChI=1S/C14H10BrN3O2/c1-9-2-3-12(7-13(9)15)17-11-4-5-14(18(19)20)10(6-11)8-16/h2-7,17H,1H3. The molecule has 20 heavy (non-hydrogen) atoms. The van der Waals surface area contributed by atoms with Crippen molar-refractivity contribution in [3.05, 3.63) is 62.1 Å². The first-order valence-corrected chi connectivity index (χ1v) is 6.52. The summed E-state index contributed by atoms with van der Waals surface area (Å²) in [6.45, 7) is 1.98. The maximum Gasteiger partial charge on any atom is 0.287 e. The zero-order valence-electron chi connectivity index (χ0n) is 10.6. The van der Waals surface area contributed by atoms with E-state index < -0.39 is 4.92 Å². The second kappa shape index (κ2) is 5.72. The Morgan fingerprint density at radius 1 is 1.25 bits per heavy atom. The monoisotopic (exact) mass is 331 g/mol. The van der Waals surface area contributed by atoms with Gasteiger partial charge in [-0.25, -0.2) is 0 Å². The van der Waals surface area contributed by atoms with Crippen LogP contribution in [0.1, 0.15) is 11.1 Å². The van der Waals surface area contributed by atoms with Gasteiger partial charge < -0.3 is 5.32 Å². The van der Waals surface area contributed by atoms with Crippen LogP contribution >= 0.6 is 15.9 Å². The summed E-state index contributed by atoms with van der Waals surface area (Å²) < 4.78 is 0.963. The number of nitro groups is 1. The zero-order chi connectivity index (χ0) is 14.7. The highest BCUT2D eigenvalue weighted by Gasteiger charge is 2.13. The summed E-state index contributed by atoms with van der Waals surface area (Å²) in [7, 11) is 0. The molecule has 0 fully saturated rings. The molecule has 2 rings (SSSR count). The Labute approximate surface area is 124 Å². The Hall–Kier alpha value is -2.39. The normalized spacial score (nSPS) is 9.85. The lowest BCUT2D eigenvalue weighted by atomic mass is 10.1. The van der Waals surface area contributed by atoms with Gasteiger partial charge in [0.2, 0.25) is 0 Å². The SMILES string of the molecule is Cc1ccc(Nc2ccc([N+](=O)[O-])c(C#N)c2)cc1Br. The van der Waals surface area contributed by atoms with E-state index in [0.717, 1.165) is 15.7 Å². The predicted molar refractivity (Wildman–Crippen MR) is 80.0 cm³/mol. The van der Waals surface area contributed by atoms with Gasteiger partial charge in [-0.1, -0.05) is 22.0 Å². The van der Waals surface area contributed by atoms with Crippen molar-refractivity contribution in [1.29, 1.82) is 5.26 Å². The van der Waals surface area contributed by atoms with Crippen LogP contribution in [0.3, 0.4) is 0 Å². The molecule has 0 radical (unpaired) electrons. The topological polar surface area (TPSA) is 79.0 Å². The van der Waals surface area contributed by atoms with E-state index in [-0.39, 0.29) is 11.3 Å². The molecule has 0 saturated heterocycles. The van der Waals surface area contributed by atoms with Crippen molar-refractivity contribution in [1.82, 2.24) is 0 Å². The molecule has 5 nitrogen and oxygen atoms in total. The number of nitrogens with one attached hydrogen (secondary N) is 1. The summed E-state index contributed by atoms with van der Waals surface area (Å²) in [5.41, 5.74) is 2.41. The molecule has 0 aliphatic rings. The number of hydrogen-bond acceptors (Lipinski definition) is 4. The number of nitriles is 1. The van der Waals surface area contributed by atoms with E-state index >= 15 is 0 Å². The molecular formula is C14H10BrN3O2. The fraction of sp³-hybridized carbons (Fsp3) is 0.0714. The van der Waals surface area contributed by atoms with Crippen molar-refractivity contribution in [3.8, 4) is 6.07 Å². The van der Waals surface area contributed by atoms with Gasteiger partial charge in [0, 0.05) is 21.9 Å². The van der Waals surface area contributed by atoms with Crippen LogP contribution in [0.5, 0.6) is 0 Å². The van der Waals surface area contributed by atoms with Gasteiger partial charge >= 0.3 is 0 Å². The summed E-state index contributed by atoms with van der Waals surface area (Å²) in [6, 6.07) is 11.9. The van der Waals surface area contributed by atoms with Gasteiger partial charge in [0.15, 0.2) is 0 Å². The fourth-order valence-electron chi connectivity index (χ4n) is 1.70. The number of anilines is 2. The van der Waals surface area contributed by atoms with Crippen LogP contribution in [0.4, 0.5) is 17.1 Å². The third kappa shape index (κ3) is 2.95. The number of benzene rings is 2. The van der Waals surface area contributed by atoms with E-state index in [1.807, 2.05) is 31.2 Å². The summed E-state index contributed by atoms with van der Waals surface area (Å²) in [5.74, 6) is 0. The van der Waals surface area contributed by atoms with Crippen LogP contribution < -0.4 is 5.32 Å². The molecule has 0 saturated carbocycles. The van der Waals surface area contributed by atoms with Gasteiger partial charge in [-0.15, -0.1) is 0 Å². The average Bonchev–Trinajstić information content (AvgIpc) is 2.42. The minimum atomic E-state index is -0.565. The number of hydrogen-bond donors (Lipinski definition) is 1. The maximum atomic E-state index is 10.8. The van der Waals surface area contributed by atoms with Gasteiger partial charge in [0.25, 0.3) is 5.69 Å². The minimum Gasteiger partial charge on any atom is -0.355 e. The van der Waals surface area contributed by atoms with Crippen LogP contribution in [0.15, 0.2) is 40.9 Å². The molecule has 0 aliphatic carbocycles. The number of aryl methyl sites for hydroxylation is 1. The largest absolute Gasteiger partial charge is 0.355 e. The smallest absolute Gasteiger partial charge is 0.287 e. The Balaban J connectivity index is 2.32. The number of nitrogens with zero attached hydrogens (tertiary/aromatic N) is 2. The predicted octanol–water partition coefficient (Wildman–Crippen LogP) is 4.28. The highest BCUT2D eigenvalue weighted by molar-refractivity contribution is 9.10. The fourth-order valence-corrected chi connectivity index (χ4v) is 2.08. The van der Waals surface area contributed by atoms with Crippen molar-refractivity contribution in [2.24, 2.45) is 0 Å². The lowest BCUT2D eigenvalue weighted by Crippen LogP contribution is -1.95. The third-order valence-corrected chi connectivity index (χ3v) is 3.63. The van der Waals surface area contributed by atoms with E-state index in [4.69, 9.17) is 5.26 Å². The first kappa shape index (κ1) is 14.0. The molecule has 0 bridgehead atoms. The summed E-state index contributed by atoms with van der Waals surface area (Å²) in [5, 5.41) is 22.8. The molecule has 0 spiro atoms. The van der Waals surface area contributed by atoms with Gasteiger partial charge in [-0.05, 0) is 36.8 Å². The summed E-state index contributed by atoms with van der Waals surface area (Å²) in [4.78, 5) is 10.2. The summed E-state index contributed by atoms with van der Waals surface area (Å²) in [6.07, 6.45) is 0. The van der Waals surface area contributed by atoms with Crippen molar-refractivity contribution < 1.29 is 4.92 Å². The Kier molecular flexibility index (Phi) is 4.01. The summed E-state index contributed by atoms with van der Waals surface area (Å²) >= 11 is 3.44. The molecule has 2 aromatic carbocycles. The van der Waals surface area contributed by atoms with E-state index in [9.17, 15) is 10.1 Å². The first-order chi connectivity index (χ1) is 9.51. The van der Waals surface area contributed by atoms with Crippen LogP contribution in [0.25, 0.3) is 0 Å². The van der Waals surface area contributed by atoms with Gasteiger partial charge in [0.05, 0.1) is 4.92 Å². The molecule has 0 aliphatic heterocycles. The molecule has 100 valence electrons. The molecule has 0 unspecified atom stereocenters. The highest BCUT2D eigenvalue weighted by atomic mass is 79.9. The Morgan fingerprint density at radius 2 is 1.90 bits per heavy atom. The molecule has 0 heterocycles. The highest BCUT2D eigenvalue weighted by Crippen LogP contribution is 2.26. The average molecular weight is 332 g/mol. The van der Waals surface area contributed by atoms with Gasteiger partial charge in [0.1, 0.15) is 11.6 Å².